The molecule has 0 radical (unpaired) electrons. The summed E-state index contributed by atoms with van der Waals surface area (Å²) in [6, 6.07) is 7.58. The van der Waals surface area contributed by atoms with Crippen LogP contribution in [0.3, 0.4) is 0 Å². The van der Waals surface area contributed by atoms with Crippen molar-refractivity contribution in [3.05, 3.63) is 35.0 Å². The number of benzene rings is 2. The molecule has 0 spiro atoms. The Bertz CT molecular complexity index is 737. The lowest BCUT2D eigenvalue weighted by molar-refractivity contribution is 0.403. The van der Waals surface area contributed by atoms with E-state index in [1.807, 2.05) is 24.3 Å². The Balaban J connectivity index is 2.42. The van der Waals surface area contributed by atoms with Crippen molar-refractivity contribution in [2.75, 3.05) is 7.11 Å². The standard InChI is InChI=1S/C13H9Cl2NO2/c1-17-10-5-4-8-7(12(10)15)2-3-9-11(6-14)18-16-13(8)9/h2-5H,6H2,1H3. The predicted molar refractivity (Wildman–Crippen MR) is 72.6 cm³/mol. The van der Waals surface area contributed by atoms with E-state index in [4.69, 9.17) is 32.5 Å². The fourth-order valence-electron chi connectivity index (χ4n) is 2.06. The minimum absolute atomic E-state index is 0.298. The lowest BCUT2D eigenvalue weighted by atomic mass is 10.1. The maximum atomic E-state index is 6.27. The van der Waals surface area contributed by atoms with E-state index < -0.39 is 0 Å². The number of hydrogen-bond donors (Lipinski definition) is 0. The maximum Gasteiger partial charge on any atom is 0.159 e. The number of hydrogen-bond acceptors (Lipinski definition) is 3. The third-order valence-electron chi connectivity index (χ3n) is 2.96. The van der Waals surface area contributed by atoms with Crippen LogP contribution in [0.5, 0.6) is 5.75 Å². The summed E-state index contributed by atoms with van der Waals surface area (Å²) in [7, 11) is 1.59. The van der Waals surface area contributed by atoms with Gasteiger partial charge in [-0.2, -0.15) is 0 Å². The van der Waals surface area contributed by atoms with Crippen molar-refractivity contribution in [1.82, 2.24) is 5.16 Å². The Kier molecular flexibility index (Phi) is 2.80. The monoisotopic (exact) mass is 281 g/mol. The van der Waals surface area contributed by atoms with E-state index in [0.29, 0.717) is 22.4 Å². The molecule has 2 aromatic carbocycles. The summed E-state index contributed by atoms with van der Waals surface area (Å²) in [5.41, 5.74) is 0.771. The predicted octanol–water partition coefficient (Wildman–Crippen LogP) is 4.38. The molecule has 0 unspecified atom stereocenters. The molecule has 0 aliphatic rings. The normalized spacial score (nSPS) is 11.3. The zero-order valence-corrected chi connectivity index (χ0v) is 11.0. The molecular formula is C13H9Cl2NO2. The molecule has 5 heteroatoms. The summed E-state index contributed by atoms with van der Waals surface area (Å²) in [4.78, 5) is 0. The largest absolute Gasteiger partial charge is 0.495 e. The van der Waals surface area contributed by atoms with Crippen molar-refractivity contribution in [2.45, 2.75) is 5.88 Å². The molecule has 3 aromatic rings. The van der Waals surface area contributed by atoms with Crippen molar-refractivity contribution >= 4 is 44.9 Å². The number of ether oxygens (including phenoxy) is 1. The summed E-state index contributed by atoms with van der Waals surface area (Å²) >= 11 is 12.1. The van der Waals surface area contributed by atoms with Crippen molar-refractivity contribution in [3.8, 4) is 5.75 Å². The zero-order chi connectivity index (χ0) is 12.7. The van der Waals surface area contributed by atoms with Crippen molar-refractivity contribution < 1.29 is 9.26 Å². The average Bonchev–Trinajstić information content (AvgIpc) is 2.82. The SMILES string of the molecule is COc1ccc2c(ccc3c(CCl)onc32)c1Cl. The van der Waals surface area contributed by atoms with Gasteiger partial charge in [-0.3, -0.25) is 0 Å². The number of rotatable bonds is 2. The molecule has 3 rings (SSSR count). The number of fused-ring (bicyclic) bond motifs is 3. The number of alkyl halides is 1. The Morgan fingerprint density at radius 3 is 2.61 bits per heavy atom. The van der Waals surface area contributed by atoms with Gasteiger partial charge in [0.15, 0.2) is 5.76 Å². The molecule has 0 amide bonds. The summed E-state index contributed by atoms with van der Waals surface area (Å²) in [6.07, 6.45) is 0. The van der Waals surface area contributed by atoms with E-state index in [1.54, 1.807) is 7.11 Å². The van der Waals surface area contributed by atoms with Crippen LogP contribution in [-0.4, -0.2) is 12.3 Å². The van der Waals surface area contributed by atoms with Crippen molar-refractivity contribution in [2.24, 2.45) is 0 Å². The highest BCUT2D eigenvalue weighted by atomic mass is 35.5. The van der Waals surface area contributed by atoms with Gasteiger partial charge >= 0.3 is 0 Å². The molecule has 0 fully saturated rings. The van der Waals surface area contributed by atoms with Crippen LogP contribution in [0.2, 0.25) is 5.02 Å². The lowest BCUT2D eigenvalue weighted by Crippen LogP contribution is -1.85. The van der Waals surface area contributed by atoms with E-state index in [1.165, 1.54) is 0 Å². The third-order valence-corrected chi connectivity index (χ3v) is 3.59. The van der Waals surface area contributed by atoms with Crippen LogP contribution in [0, 0.1) is 0 Å². The minimum atomic E-state index is 0.298. The van der Waals surface area contributed by atoms with Gasteiger partial charge in [-0.25, -0.2) is 0 Å². The second-order valence-corrected chi connectivity index (χ2v) is 4.52. The smallest absolute Gasteiger partial charge is 0.159 e. The van der Waals surface area contributed by atoms with E-state index in [0.717, 1.165) is 21.7 Å². The fourth-order valence-corrected chi connectivity index (χ4v) is 2.56. The first-order chi connectivity index (χ1) is 8.76. The Morgan fingerprint density at radius 2 is 1.89 bits per heavy atom. The molecule has 0 aliphatic carbocycles. The molecule has 0 saturated carbocycles. The Hall–Kier alpha value is -1.45. The average molecular weight is 282 g/mol. The van der Waals surface area contributed by atoms with E-state index >= 15 is 0 Å². The van der Waals surface area contributed by atoms with Gasteiger partial charge in [-0.15, -0.1) is 11.6 Å². The zero-order valence-electron chi connectivity index (χ0n) is 9.54. The molecule has 0 saturated heterocycles. The molecule has 1 heterocycles. The van der Waals surface area contributed by atoms with E-state index in [2.05, 4.69) is 5.16 Å². The van der Waals surface area contributed by atoms with Crippen molar-refractivity contribution in [1.29, 1.82) is 0 Å². The molecule has 1 aromatic heterocycles. The highest BCUT2D eigenvalue weighted by Crippen LogP contribution is 2.36. The number of methoxy groups -OCH3 is 1. The van der Waals surface area contributed by atoms with Gasteiger partial charge < -0.3 is 9.26 Å². The van der Waals surface area contributed by atoms with Gasteiger partial charge in [-0.1, -0.05) is 22.8 Å². The van der Waals surface area contributed by atoms with Gasteiger partial charge in [0.1, 0.15) is 11.3 Å². The number of halogens is 2. The second kappa shape index (κ2) is 4.34. The first kappa shape index (κ1) is 11.6. The summed E-state index contributed by atoms with van der Waals surface area (Å²) in [6.45, 7) is 0. The molecule has 0 aliphatic heterocycles. The molecule has 92 valence electrons. The third kappa shape index (κ3) is 1.55. The fraction of sp³-hybridized carbons (Fsp3) is 0.154. The van der Waals surface area contributed by atoms with Crippen LogP contribution in [-0.2, 0) is 5.88 Å². The first-order valence-electron chi connectivity index (χ1n) is 5.35. The highest BCUT2D eigenvalue weighted by molar-refractivity contribution is 6.37. The maximum absolute atomic E-state index is 6.27. The van der Waals surface area contributed by atoms with Gasteiger partial charge in [0, 0.05) is 16.2 Å². The Labute approximate surface area is 113 Å². The summed E-state index contributed by atoms with van der Waals surface area (Å²) in [5, 5.41) is 7.36. The van der Waals surface area contributed by atoms with Crippen LogP contribution in [0.1, 0.15) is 5.76 Å². The van der Waals surface area contributed by atoms with Crippen LogP contribution >= 0.6 is 23.2 Å². The van der Waals surface area contributed by atoms with Gasteiger partial charge in [-0.05, 0) is 18.2 Å². The molecule has 3 nitrogen and oxygen atoms in total. The second-order valence-electron chi connectivity index (χ2n) is 3.88. The highest BCUT2D eigenvalue weighted by Gasteiger charge is 2.13. The van der Waals surface area contributed by atoms with Gasteiger partial charge in [0.25, 0.3) is 0 Å². The van der Waals surface area contributed by atoms with E-state index in [9.17, 15) is 0 Å². The topological polar surface area (TPSA) is 35.3 Å². The molecule has 0 N–H and O–H groups in total. The molecular weight excluding hydrogens is 273 g/mol. The van der Waals surface area contributed by atoms with Crippen LogP contribution < -0.4 is 4.74 Å². The molecule has 18 heavy (non-hydrogen) atoms. The van der Waals surface area contributed by atoms with Crippen LogP contribution in [0.4, 0.5) is 0 Å². The van der Waals surface area contributed by atoms with Gasteiger partial charge in [0.2, 0.25) is 0 Å². The minimum Gasteiger partial charge on any atom is -0.495 e. The van der Waals surface area contributed by atoms with Crippen molar-refractivity contribution in [3.63, 3.8) is 0 Å². The quantitative estimate of drug-likeness (QED) is 0.654. The number of aromatic nitrogens is 1. The number of nitrogens with zero attached hydrogens (tertiary/aromatic N) is 1. The first-order valence-corrected chi connectivity index (χ1v) is 6.27. The summed E-state index contributed by atoms with van der Waals surface area (Å²) in [5.74, 6) is 1.61. The van der Waals surface area contributed by atoms with Crippen LogP contribution in [0.25, 0.3) is 21.7 Å². The summed E-state index contributed by atoms with van der Waals surface area (Å²) < 4.78 is 10.4. The lowest BCUT2D eigenvalue weighted by Gasteiger charge is -2.06. The molecule has 0 atom stereocenters. The van der Waals surface area contributed by atoms with E-state index in [-0.39, 0.29) is 0 Å². The van der Waals surface area contributed by atoms with Gasteiger partial charge in [0.05, 0.1) is 18.0 Å². The Morgan fingerprint density at radius 1 is 1.17 bits per heavy atom. The molecule has 0 bridgehead atoms. The van der Waals surface area contributed by atoms with Crippen LogP contribution in [0.15, 0.2) is 28.8 Å².